The first kappa shape index (κ1) is 17.0. The summed E-state index contributed by atoms with van der Waals surface area (Å²) in [6.07, 6.45) is 0.342. The van der Waals surface area contributed by atoms with Gasteiger partial charge in [-0.25, -0.2) is 0 Å². The number of hydrogen-bond donors (Lipinski definition) is 2. The van der Waals surface area contributed by atoms with Gasteiger partial charge in [0.2, 0.25) is 0 Å². The van der Waals surface area contributed by atoms with Crippen LogP contribution in [0.2, 0.25) is 0 Å². The minimum absolute atomic E-state index is 0.0166. The Morgan fingerprint density at radius 3 is 2.20 bits per heavy atom. The predicted octanol–water partition coefficient (Wildman–Crippen LogP) is 2.80. The smallest absolute Gasteiger partial charge is 0.311 e. The number of ether oxygens (including phenoxy) is 1. The van der Waals surface area contributed by atoms with Crippen molar-refractivity contribution in [3.8, 4) is 17.2 Å². The average Bonchev–Trinajstić information content (AvgIpc) is 2.60. The molecule has 0 bridgehead atoms. The Bertz CT molecular complexity index is 903. The average molecular weight is 361 g/mol. The van der Waals surface area contributed by atoms with Crippen molar-refractivity contribution in [1.82, 2.24) is 0 Å². The van der Waals surface area contributed by atoms with Gasteiger partial charge in [0, 0.05) is 29.5 Å². The van der Waals surface area contributed by atoms with E-state index in [4.69, 9.17) is 16.3 Å². The SMILES string of the molecule is O=C(CCCCl)Oc1c(O)cc(O)c2c1C(=O)c1ccccc1C2=O. The van der Waals surface area contributed by atoms with Crippen LogP contribution in [0, 0.1) is 0 Å². The van der Waals surface area contributed by atoms with Gasteiger partial charge in [0.1, 0.15) is 5.75 Å². The van der Waals surface area contributed by atoms with Gasteiger partial charge in [-0.15, -0.1) is 11.6 Å². The van der Waals surface area contributed by atoms with E-state index >= 15 is 0 Å². The van der Waals surface area contributed by atoms with Crippen molar-refractivity contribution in [1.29, 1.82) is 0 Å². The van der Waals surface area contributed by atoms with Crippen LogP contribution < -0.4 is 4.74 Å². The number of halogens is 1. The van der Waals surface area contributed by atoms with Crippen molar-refractivity contribution >= 4 is 29.1 Å². The first-order valence-electron chi connectivity index (χ1n) is 7.49. The lowest BCUT2D eigenvalue weighted by Gasteiger charge is -2.21. The Morgan fingerprint density at radius 2 is 1.60 bits per heavy atom. The zero-order valence-electron chi connectivity index (χ0n) is 12.9. The summed E-state index contributed by atoms with van der Waals surface area (Å²) in [5.74, 6) is -3.24. The fraction of sp³-hybridized carbons (Fsp3) is 0.167. The van der Waals surface area contributed by atoms with Crippen LogP contribution in [0.25, 0.3) is 0 Å². The third-order valence-corrected chi connectivity index (χ3v) is 4.11. The van der Waals surface area contributed by atoms with E-state index in [2.05, 4.69) is 0 Å². The van der Waals surface area contributed by atoms with E-state index in [-0.39, 0.29) is 34.6 Å². The molecule has 0 aromatic heterocycles. The van der Waals surface area contributed by atoms with Crippen molar-refractivity contribution in [2.24, 2.45) is 0 Å². The van der Waals surface area contributed by atoms with E-state index in [1.807, 2.05) is 0 Å². The number of carbonyl (C=O) groups excluding carboxylic acids is 3. The minimum atomic E-state index is -0.706. The zero-order valence-corrected chi connectivity index (χ0v) is 13.7. The Kier molecular flexibility index (Phi) is 4.46. The number of hydrogen-bond acceptors (Lipinski definition) is 6. The van der Waals surface area contributed by atoms with Crippen LogP contribution in [-0.4, -0.2) is 33.6 Å². The molecule has 0 unspecified atom stereocenters. The van der Waals surface area contributed by atoms with Crippen LogP contribution in [0.3, 0.4) is 0 Å². The van der Waals surface area contributed by atoms with Crippen LogP contribution in [0.5, 0.6) is 17.2 Å². The topological polar surface area (TPSA) is 101 Å². The quantitative estimate of drug-likeness (QED) is 0.421. The lowest BCUT2D eigenvalue weighted by atomic mass is 9.83. The summed E-state index contributed by atoms with van der Waals surface area (Å²) < 4.78 is 5.10. The van der Waals surface area contributed by atoms with Crippen LogP contribution >= 0.6 is 11.6 Å². The molecular weight excluding hydrogens is 348 g/mol. The zero-order chi connectivity index (χ0) is 18.1. The van der Waals surface area contributed by atoms with Gasteiger partial charge in [0.15, 0.2) is 23.1 Å². The van der Waals surface area contributed by atoms with Gasteiger partial charge >= 0.3 is 5.97 Å². The minimum Gasteiger partial charge on any atom is -0.507 e. The molecule has 0 atom stereocenters. The number of benzene rings is 2. The first-order chi connectivity index (χ1) is 12.0. The second-order valence-corrected chi connectivity index (χ2v) is 5.84. The molecule has 128 valence electrons. The van der Waals surface area contributed by atoms with Crippen LogP contribution in [0.15, 0.2) is 30.3 Å². The molecule has 0 aliphatic heterocycles. The molecule has 7 heteroatoms. The van der Waals surface area contributed by atoms with Crippen molar-refractivity contribution < 1.29 is 29.3 Å². The monoisotopic (exact) mass is 360 g/mol. The van der Waals surface area contributed by atoms with Gasteiger partial charge < -0.3 is 14.9 Å². The maximum atomic E-state index is 12.8. The maximum Gasteiger partial charge on any atom is 0.311 e. The number of fused-ring (bicyclic) bond motifs is 2. The van der Waals surface area contributed by atoms with E-state index in [0.717, 1.165) is 6.07 Å². The van der Waals surface area contributed by atoms with E-state index < -0.39 is 34.8 Å². The Labute approximate surface area is 147 Å². The van der Waals surface area contributed by atoms with Crippen LogP contribution in [0.4, 0.5) is 0 Å². The van der Waals surface area contributed by atoms with E-state index in [1.54, 1.807) is 12.1 Å². The highest BCUT2D eigenvalue weighted by molar-refractivity contribution is 6.30. The van der Waals surface area contributed by atoms with Crippen LogP contribution in [-0.2, 0) is 4.79 Å². The fourth-order valence-electron chi connectivity index (χ4n) is 2.71. The Hall–Kier alpha value is -2.86. The van der Waals surface area contributed by atoms with Gasteiger partial charge in [0.05, 0.1) is 11.1 Å². The van der Waals surface area contributed by atoms with Gasteiger partial charge in [0.25, 0.3) is 0 Å². The molecular formula is C18H13ClO6. The number of phenolic OH excluding ortho intramolecular Hbond substituents is 2. The molecule has 25 heavy (non-hydrogen) atoms. The van der Waals surface area contributed by atoms with Crippen molar-refractivity contribution in [3.63, 3.8) is 0 Å². The van der Waals surface area contributed by atoms with E-state index in [1.165, 1.54) is 12.1 Å². The molecule has 2 aromatic carbocycles. The predicted molar refractivity (Wildman–Crippen MR) is 88.7 cm³/mol. The summed E-state index contributed by atoms with van der Waals surface area (Å²) in [5.41, 5.74) is -0.356. The summed E-state index contributed by atoms with van der Waals surface area (Å²) in [7, 11) is 0. The molecule has 0 radical (unpaired) electrons. The number of carbonyl (C=O) groups is 3. The lowest BCUT2D eigenvalue weighted by molar-refractivity contribution is -0.134. The van der Waals surface area contributed by atoms with Crippen molar-refractivity contribution in [3.05, 3.63) is 52.6 Å². The van der Waals surface area contributed by atoms with Crippen LogP contribution in [0.1, 0.15) is 44.7 Å². The molecule has 3 rings (SSSR count). The number of phenols is 2. The standard InChI is InChI=1S/C18H13ClO6/c19-7-3-6-13(22)25-18-12(21)8-11(20)14-15(18)17(24)10-5-2-1-4-9(10)16(14)23/h1-2,4-5,8,20-21H,3,6-7H2. The molecule has 2 N–H and O–H groups in total. The molecule has 0 amide bonds. The normalized spacial score (nSPS) is 12.5. The number of ketones is 2. The summed E-state index contributed by atoms with van der Waals surface area (Å²) in [4.78, 5) is 37.3. The second-order valence-electron chi connectivity index (χ2n) is 5.46. The lowest BCUT2D eigenvalue weighted by Crippen LogP contribution is -2.23. The van der Waals surface area contributed by atoms with Gasteiger partial charge in [-0.2, -0.15) is 0 Å². The van der Waals surface area contributed by atoms with E-state index in [0.29, 0.717) is 6.42 Å². The molecule has 1 aliphatic carbocycles. The summed E-state index contributed by atoms with van der Waals surface area (Å²) >= 11 is 5.53. The van der Waals surface area contributed by atoms with E-state index in [9.17, 15) is 24.6 Å². The van der Waals surface area contributed by atoms with Crippen molar-refractivity contribution in [2.45, 2.75) is 12.8 Å². The summed E-state index contributed by atoms with van der Waals surface area (Å²) in [6, 6.07) is 6.99. The summed E-state index contributed by atoms with van der Waals surface area (Å²) in [5, 5.41) is 20.1. The first-order valence-corrected chi connectivity index (χ1v) is 8.03. The van der Waals surface area contributed by atoms with Gasteiger partial charge in [-0.05, 0) is 6.42 Å². The number of rotatable bonds is 4. The fourth-order valence-corrected chi connectivity index (χ4v) is 2.84. The Morgan fingerprint density at radius 1 is 1.00 bits per heavy atom. The highest BCUT2D eigenvalue weighted by Crippen LogP contribution is 2.43. The third-order valence-electron chi connectivity index (χ3n) is 3.84. The summed E-state index contributed by atoms with van der Waals surface area (Å²) in [6.45, 7) is 0. The number of aromatic hydroxyl groups is 2. The molecule has 0 saturated heterocycles. The molecule has 0 saturated carbocycles. The molecule has 0 fully saturated rings. The van der Waals surface area contributed by atoms with Crippen molar-refractivity contribution in [2.75, 3.05) is 5.88 Å². The largest absolute Gasteiger partial charge is 0.507 e. The highest BCUT2D eigenvalue weighted by atomic mass is 35.5. The Balaban J connectivity index is 2.15. The number of esters is 1. The van der Waals surface area contributed by atoms with Gasteiger partial charge in [-0.3, -0.25) is 14.4 Å². The maximum absolute atomic E-state index is 12.8. The number of alkyl halides is 1. The van der Waals surface area contributed by atoms with Gasteiger partial charge in [-0.1, -0.05) is 24.3 Å². The molecule has 6 nitrogen and oxygen atoms in total. The highest BCUT2D eigenvalue weighted by Gasteiger charge is 2.36. The second kappa shape index (κ2) is 6.57. The molecule has 2 aromatic rings. The molecule has 0 heterocycles. The molecule has 1 aliphatic rings. The third kappa shape index (κ3) is 2.85. The molecule has 0 spiro atoms.